The van der Waals surface area contributed by atoms with E-state index in [0.29, 0.717) is 17.4 Å². The van der Waals surface area contributed by atoms with E-state index in [0.717, 1.165) is 60.9 Å². The number of urea groups is 1. The Morgan fingerprint density at radius 2 is 1.72 bits per heavy atom. The van der Waals surface area contributed by atoms with Crippen molar-refractivity contribution >= 4 is 53.1 Å². The molecule has 3 N–H and O–H groups in total. The SMILES string of the molecule is Cc1ccc(-n2nc(C3(C)CC3)cc2NC(=O)Nc2cnc(OC3CCNCC3)c3ccccc23)cc1.Cl.Cl. The molecule has 1 aliphatic heterocycles. The van der Waals surface area contributed by atoms with Crippen molar-refractivity contribution in [2.45, 2.75) is 51.0 Å². The largest absolute Gasteiger partial charge is 0.474 e. The minimum atomic E-state index is -0.347. The number of anilines is 2. The van der Waals surface area contributed by atoms with Gasteiger partial charge < -0.3 is 15.4 Å². The highest BCUT2D eigenvalue weighted by Gasteiger charge is 2.42. The first kappa shape index (κ1) is 28.7. The number of pyridine rings is 1. The number of hydrogen-bond acceptors (Lipinski definition) is 5. The summed E-state index contributed by atoms with van der Waals surface area (Å²) in [5, 5.41) is 16.0. The van der Waals surface area contributed by atoms with Crippen molar-refractivity contribution < 1.29 is 9.53 Å². The fraction of sp³-hybridized carbons (Fsp3) is 0.345. The Bertz CT molecular complexity index is 1450. The van der Waals surface area contributed by atoms with Gasteiger partial charge in [0.1, 0.15) is 11.9 Å². The number of halogens is 2. The number of piperidine rings is 1. The van der Waals surface area contributed by atoms with Gasteiger partial charge >= 0.3 is 6.03 Å². The molecule has 10 heteroatoms. The van der Waals surface area contributed by atoms with E-state index in [1.54, 1.807) is 6.20 Å². The molecule has 1 saturated carbocycles. The summed E-state index contributed by atoms with van der Waals surface area (Å²) in [6.45, 7) is 6.16. The van der Waals surface area contributed by atoms with E-state index in [9.17, 15) is 4.79 Å². The van der Waals surface area contributed by atoms with E-state index in [1.807, 2.05) is 59.3 Å². The van der Waals surface area contributed by atoms with Crippen LogP contribution in [0.3, 0.4) is 0 Å². The Labute approximate surface area is 240 Å². The number of benzene rings is 2. The molecule has 8 nitrogen and oxygen atoms in total. The number of hydrogen-bond donors (Lipinski definition) is 3. The molecule has 39 heavy (non-hydrogen) atoms. The predicted molar refractivity (Wildman–Crippen MR) is 160 cm³/mol. The zero-order chi connectivity index (χ0) is 25.4. The van der Waals surface area contributed by atoms with Crippen LogP contribution >= 0.6 is 24.8 Å². The number of carbonyl (C=O) groups excluding carboxylic acids is 1. The smallest absolute Gasteiger partial charge is 0.324 e. The van der Waals surface area contributed by atoms with Crippen LogP contribution in [0.1, 0.15) is 43.9 Å². The third-order valence-electron chi connectivity index (χ3n) is 7.42. The number of nitrogens with one attached hydrogen (secondary N) is 3. The van der Waals surface area contributed by atoms with Crippen molar-refractivity contribution in [3.63, 3.8) is 0 Å². The summed E-state index contributed by atoms with van der Waals surface area (Å²) in [6.07, 6.45) is 5.93. The third-order valence-corrected chi connectivity index (χ3v) is 7.42. The molecule has 2 aromatic carbocycles. The van der Waals surface area contributed by atoms with Gasteiger partial charge in [0.15, 0.2) is 0 Å². The number of ether oxygens (including phenoxy) is 1. The Morgan fingerprint density at radius 1 is 1.03 bits per heavy atom. The number of aromatic nitrogens is 3. The summed E-state index contributed by atoms with van der Waals surface area (Å²) in [6, 6.07) is 17.6. The van der Waals surface area contributed by atoms with Gasteiger partial charge in [0.05, 0.1) is 23.3 Å². The van der Waals surface area contributed by atoms with Crippen LogP contribution in [-0.4, -0.2) is 40.0 Å². The van der Waals surface area contributed by atoms with Crippen molar-refractivity contribution in [2.24, 2.45) is 0 Å². The zero-order valence-corrected chi connectivity index (χ0v) is 23.7. The summed E-state index contributed by atoms with van der Waals surface area (Å²) in [7, 11) is 0. The van der Waals surface area contributed by atoms with Crippen LogP contribution in [0.5, 0.6) is 5.88 Å². The second-order valence-electron chi connectivity index (χ2n) is 10.4. The molecule has 2 aromatic heterocycles. The minimum Gasteiger partial charge on any atom is -0.474 e. The van der Waals surface area contributed by atoms with E-state index < -0.39 is 0 Å². The molecule has 4 aromatic rings. The molecule has 206 valence electrons. The Kier molecular flexibility index (Phi) is 8.69. The summed E-state index contributed by atoms with van der Waals surface area (Å²) in [5.74, 6) is 1.24. The van der Waals surface area contributed by atoms with Gasteiger partial charge in [-0.25, -0.2) is 14.5 Å². The summed E-state index contributed by atoms with van der Waals surface area (Å²) >= 11 is 0. The van der Waals surface area contributed by atoms with Crippen molar-refractivity contribution in [1.82, 2.24) is 20.1 Å². The van der Waals surface area contributed by atoms with E-state index in [1.165, 1.54) is 5.56 Å². The maximum Gasteiger partial charge on any atom is 0.324 e. The fourth-order valence-electron chi connectivity index (χ4n) is 4.79. The monoisotopic (exact) mass is 568 g/mol. The average molecular weight is 570 g/mol. The van der Waals surface area contributed by atoms with E-state index in [-0.39, 0.29) is 42.4 Å². The molecule has 2 aliphatic rings. The minimum absolute atomic E-state index is 0. The molecule has 2 amide bonds. The fourth-order valence-corrected chi connectivity index (χ4v) is 4.79. The quantitative estimate of drug-likeness (QED) is 0.250. The number of amides is 2. The lowest BCUT2D eigenvalue weighted by Crippen LogP contribution is -2.34. The van der Waals surface area contributed by atoms with Gasteiger partial charge in [-0.1, -0.05) is 42.8 Å². The lowest BCUT2D eigenvalue weighted by atomic mass is 10.1. The summed E-state index contributed by atoms with van der Waals surface area (Å²) in [5.41, 5.74) is 3.77. The molecule has 0 atom stereocenters. The van der Waals surface area contributed by atoms with E-state index in [4.69, 9.17) is 9.84 Å². The van der Waals surface area contributed by atoms with Gasteiger partial charge in [-0.2, -0.15) is 5.10 Å². The number of carbonyl (C=O) groups is 1. The molecular weight excluding hydrogens is 535 g/mol. The molecule has 0 spiro atoms. The molecule has 3 heterocycles. The van der Waals surface area contributed by atoms with Crippen LogP contribution in [0.2, 0.25) is 0 Å². The Hall–Kier alpha value is -3.33. The second-order valence-corrected chi connectivity index (χ2v) is 10.4. The normalized spacial score (nSPS) is 16.1. The molecular formula is C29H34Cl2N6O2. The first-order chi connectivity index (χ1) is 18.0. The van der Waals surface area contributed by atoms with Crippen molar-refractivity contribution in [3.8, 4) is 11.6 Å². The third kappa shape index (κ3) is 6.13. The van der Waals surface area contributed by atoms with E-state index >= 15 is 0 Å². The molecule has 0 unspecified atom stereocenters. The average Bonchev–Trinajstić information content (AvgIpc) is 3.53. The van der Waals surface area contributed by atoms with Gasteiger partial charge in [0.2, 0.25) is 5.88 Å². The molecule has 0 radical (unpaired) electrons. The van der Waals surface area contributed by atoms with Crippen molar-refractivity contribution in [1.29, 1.82) is 0 Å². The van der Waals surface area contributed by atoms with Crippen LogP contribution < -0.4 is 20.7 Å². The first-order valence-electron chi connectivity index (χ1n) is 13.0. The standard InChI is InChI=1S/C29H32N6O2.2ClH/c1-19-7-9-20(10-8-19)35-26(17-25(34-35)29(2)13-14-29)33-28(36)32-24-18-31-27(23-6-4-3-5-22(23)24)37-21-11-15-30-16-12-21;;/h3-10,17-18,21,30H,11-16H2,1-2H3,(H2,32,33,36);2*1H. The molecule has 0 bridgehead atoms. The van der Waals surface area contributed by atoms with Crippen LogP contribution in [0, 0.1) is 6.92 Å². The molecule has 1 saturated heterocycles. The predicted octanol–water partition coefficient (Wildman–Crippen LogP) is 6.40. The Morgan fingerprint density at radius 3 is 2.41 bits per heavy atom. The highest BCUT2D eigenvalue weighted by molar-refractivity contribution is 6.06. The van der Waals surface area contributed by atoms with Gasteiger partial charge in [0, 0.05) is 22.3 Å². The van der Waals surface area contributed by atoms with Crippen LogP contribution in [-0.2, 0) is 5.41 Å². The Balaban J connectivity index is 0.00000176. The number of rotatable bonds is 6. The molecule has 2 fully saturated rings. The number of fused-ring (bicyclic) bond motifs is 1. The van der Waals surface area contributed by atoms with Gasteiger partial charge in [-0.15, -0.1) is 24.8 Å². The van der Waals surface area contributed by atoms with Gasteiger partial charge in [-0.05, 0) is 63.9 Å². The topological polar surface area (TPSA) is 93.1 Å². The van der Waals surface area contributed by atoms with Crippen LogP contribution in [0.4, 0.5) is 16.3 Å². The highest BCUT2D eigenvalue weighted by Crippen LogP contribution is 2.47. The number of nitrogens with zero attached hydrogens (tertiary/aromatic N) is 3. The molecule has 1 aliphatic carbocycles. The molecule has 6 rings (SSSR count). The van der Waals surface area contributed by atoms with Crippen LogP contribution in [0.15, 0.2) is 60.8 Å². The number of aryl methyl sites for hydroxylation is 1. The summed E-state index contributed by atoms with van der Waals surface area (Å²) in [4.78, 5) is 17.8. The summed E-state index contributed by atoms with van der Waals surface area (Å²) < 4.78 is 8.06. The zero-order valence-electron chi connectivity index (χ0n) is 22.1. The second kappa shape index (κ2) is 11.8. The van der Waals surface area contributed by atoms with Gasteiger partial charge in [-0.3, -0.25) is 5.32 Å². The lowest BCUT2D eigenvalue weighted by molar-refractivity contribution is 0.158. The van der Waals surface area contributed by atoms with E-state index in [2.05, 4.69) is 34.8 Å². The maximum absolute atomic E-state index is 13.2. The lowest BCUT2D eigenvalue weighted by Gasteiger charge is -2.24. The van der Waals surface area contributed by atoms with Crippen molar-refractivity contribution in [2.75, 3.05) is 23.7 Å². The van der Waals surface area contributed by atoms with Crippen LogP contribution in [0.25, 0.3) is 16.5 Å². The highest BCUT2D eigenvalue weighted by atomic mass is 35.5. The van der Waals surface area contributed by atoms with Crippen molar-refractivity contribution in [3.05, 3.63) is 72.1 Å². The van der Waals surface area contributed by atoms with Gasteiger partial charge in [0.25, 0.3) is 0 Å². The maximum atomic E-state index is 13.2. The first-order valence-corrected chi connectivity index (χ1v) is 13.0.